The summed E-state index contributed by atoms with van der Waals surface area (Å²) < 4.78 is 0. The number of rotatable bonds is 6. The second-order valence-corrected chi connectivity index (χ2v) is 7.87. The number of benzene rings is 3. The highest BCUT2D eigenvalue weighted by Crippen LogP contribution is 2.30. The first-order valence-electron chi connectivity index (χ1n) is 10.2. The Morgan fingerprint density at radius 3 is 2.30 bits per heavy atom. The van der Waals surface area contributed by atoms with Crippen LogP contribution in [-0.2, 0) is 18.4 Å². The molecule has 4 N–H and O–H groups in total. The average molecular weight is 393 g/mol. The van der Waals surface area contributed by atoms with E-state index in [0.29, 0.717) is 12.8 Å². The van der Waals surface area contributed by atoms with Crippen molar-refractivity contribution in [3.05, 3.63) is 114 Å². The number of para-hydroxylation sites is 1. The summed E-state index contributed by atoms with van der Waals surface area (Å²) in [7, 11) is 0. The van der Waals surface area contributed by atoms with Crippen LogP contribution in [0.5, 0.6) is 0 Å². The lowest BCUT2D eigenvalue weighted by Crippen LogP contribution is -2.42. The van der Waals surface area contributed by atoms with E-state index in [1.807, 2.05) is 36.5 Å². The summed E-state index contributed by atoms with van der Waals surface area (Å²) in [5, 5.41) is 1.20. The predicted octanol–water partition coefficient (Wildman–Crippen LogP) is 5.20. The van der Waals surface area contributed by atoms with Gasteiger partial charge in [0.15, 0.2) is 0 Å². The molecule has 0 fully saturated rings. The summed E-state index contributed by atoms with van der Waals surface area (Å²) in [5.74, 6) is 0.801. The molecule has 0 amide bonds. The zero-order valence-electron chi connectivity index (χ0n) is 16.7. The van der Waals surface area contributed by atoms with Crippen LogP contribution in [0.25, 0.3) is 22.2 Å². The van der Waals surface area contributed by atoms with Gasteiger partial charge in [0, 0.05) is 23.5 Å². The standard InChI is InChI=1S/C26H24N4/c27-26(15-19-9-3-1-4-10-19,16-21-17-28-23-14-8-7-13-22(21)23)25-29-18-24(30-25)20-11-5-2-6-12-20/h1-14,17-18,28H,15-16,27H2,(H,29,30). The zero-order valence-corrected chi connectivity index (χ0v) is 16.7. The number of imidazole rings is 1. The van der Waals surface area contributed by atoms with Gasteiger partial charge in [-0.25, -0.2) is 4.98 Å². The molecule has 4 heteroatoms. The number of H-pyrrole nitrogens is 2. The fraction of sp³-hybridized carbons (Fsp3) is 0.115. The molecule has 4 nitrogen and oxygen atoms in total. The van der Waals surface area contributed by atoms with Crippen molar-refractivity contribution in [2.75, 3.05) is 0 Å². The Hall–Kier alpha value is -3.63. The Kier molecular flexibility index (Phi) is 4.69. The highest BCUT2D eigenvalue weighted by molar-refractivity contribution is 5.83. The third kappa shape index (κ3) is 3.53. The Labute approximate surface area is 175 Å². The quantitative estimate of drug-likeness (QED) is 0.372. The minimum absolute atomic E-state index is 0.667. The van der Waals surface area contributed by atoms with Gasteiger partial charge >= 0.3 is 0 Å². The van der Waals surface area contributed by atoms with Gasteiger partial charge in [0.1, 0.15) is 5.82 Å². The molecule has 0 radical (unpaired) electrons. The van der Waals surface area contributed by atoms with E-state index in [0.717, 1.165) is 22.6 Å². The van der Waals surface area contributed by atoms with E-state index in [9.17, 15) is 0 Å². The van der Waals surface area contributed by atoms with E-state index in [1.54, 1.807) is 0 Å². The molecule has 0 saturated carbocycles. The van der Waals surface area contributed by atoms with Crippen LogP contribution in [-0.4, -0.2) is 15.0 Å². The van der Waals surface area contributed by atoms with Crippen molar-refractivity contribution >= 4 is 10.9 Å². The largest absolute Gasteiger partial charge is 0.361 e. The van der Waals surface area contributed by atoms with Gasteiger partial charge < -0.3 is 15.7 Å². The number of nitrogens with one attached hydrogen (secondary N) is 2. The average Bonchev–Trinajstić information content (AvgIpc) is 3.44. The number of aromatic nitrogens is 3. The maximum atomic E-state index is 7.12. The predicted molar refractivity (Wildman–Crippen MR) is 122 cm³/mol. The van der Waals surface area contributed by atoms with Gasteiger partial charge in [0.25, 0.3) is 0 Å². The van der Waals surface area contributed by atoms with Crippen LogP contribution in [0.1, 0.15) is 17.0 Å². The molecule has 148 valence electrons. The van der Waals surface area contributed by atoms with Gasteiger partial charge in [0.05, 0.1) is 17.4 Å². The number of hydrogen-bond donors (Lipinski definition) is 3. The van der Waals surface area contributed by atoms with E-state index in [1.165, 1.54) is 16.5 Å². The lowest BCUT2D eigenvalue weighted by Gasteiger charge is -2.28. The van der Waals surface area contributed by atoms with E-state index >= 15 is 0 Å². The van der Waals surface area contributed by atoms with Crippen LogP contribution in [0.4, 0.5) is 0 Å². The molecule has 0 aliphatic heterocycles. The molecule has 2 heterocycles. The molecule has 0 spiro atoms. The van der Waals surface area contributed by atoms with E-state index < -0.39 is 5.54 Å². The van der Waals surface area contributed by atoms with Crippen molar-refractivity contribution in [1.82, 2.24) is 15.0 Å². The summed E-state index contributed by atoms with van der Waals surface area (Å²) in [4.78, 5) is 11.6. The van der Waals surface area contributed by atoms with Crippen molar-refractivity contribution in [3.8, 4) is 11.3 Å². The molecule has 0 bridgehead atoms. The monoisotopic (exact) mass is 392 g/mol. The molecule has 1 atom stereocenters. The number of nitrogens with two attached hydrogens (primary N) is 1. The normalized spacial score (nSPS) is 13.4. The first kappa shape index (κ1) is 18.4. The Morgan fingerprint density at radius 2 is 1.50 bits per heavy atom. The van der Waals surface area contributed by atoms with Crippen molar-refractivity contribution in [2.45, 2.75) is 18.4 Å². The van der Waals surface area contributed by atoms with Crippen LogP contribution in [0.3, 0.4) is 0 Å². The third-order valence-electron chi connectivity index (χ3n) is 5.68. The smallest absolute Gasteiger partial charge is 0.127 e. The topological polar surface area (TPSA) is 70.5 Å². The van der Waals surface area contributed by atoms with Crippen molar-refractivity contribution in [2.24, 2.45) is 5.73 Å². The van der Waals surface area contributed by atoms with Crippen LogP contribution in [0, 0.1) is 0 Å². The highest BCUT2D eigenvalue weighted by Gasteiger charge is 2.32. The van der Waals surface area contributed by atoms with Crippen molar-refractivity contribution in [1.29, 1.82) is 0 Å². The molecule has 2 aromatic heterocycles. The minimum Gasteiger partial charge on any atom is -0.361 e. The van der Waals surface area contributed by atoms with Gasteiger partial charge in [-0.05, 0) is 29.2 Å². The van der Waals surface area contributed by atoms with Crippen molar-refractivity contribution in [3.63, 3.8) is 0 Å². The van der Waals surface area contributed by atoms with E-state index in [4.69, 9.17) is 10.7 Å². The van der Waals surface area contributed by atoms with Crippen LogP contribution in [0.15, 0.2) is 97.3 Å². The molecule has 30 heavy (non-hydrogen) atoms. The van der Waals surface area contributed by atoms with Crippen molar-refractivity contribution < 1.29 is 0 Å². The second kappa shape index (κ2) is 7.65. The van der Waals surface area contributed by atoms with E-state index in [2.05, 4.69) is 70.8 Å². The molecule has 5 aromatic rings. The number of nitrogens with zero attached hydrogens (tertiary/aromatic N) is 1. The van der Waals surface area contributed by atoms with Gasteiger partial charge in [-0.3, -0.25) is 0 Å². The van der Waals surface area contributed by atoms with Crippen LogP contribution >= 0.6 is 0 Å². The maximum absolute atomic E-state index is 7.12. The molecule has 0 saturated heterocycles. The van der Waals surface area contributed by atoms with Gasteiger partial charge in [-0.2, -0.15) is 0 Å². The molecule has 0 aliphatic rings. The number of hydrogen-bond acceptors (Lipinski definition) is 2. The van der Waals surface area contributed by atoms with E-state index in [-0.39, 0.29) is 0 Å². The van der Waals surface area contributed by atoms with Gasteiger partial charge in [-0.1, -0.05) is 78.9 Å². The number of fused-ring (bicyclic) bond motifs is 1. The Balaban J connectivity index is 1.55. The lowest BCUT2D eigenvalue weighted by molar-refractivity contribution is 0.415. The first-order chi connectivity index (χ1) is 14.7. The first-order valence-corrected chi connectivity index (χ1v) is 10.2. The molecule has 1 unspecified atom stereocenters. The fourth-order valence-corrected chi connectivity index (χ4v) is 4.15. The molecule has 3 aromatic carbocycles. The molecule has 0 aliphatic carbocycles. The minimum atomic E-state index is -0.667. The lowest BCUT2D eigenvalue weighted by atomic mass is 9.84. The zero-order chi connectivity index (χ0) is 20.4. The summed E-state index contributed by atoms with van der Waals surface area (Å²) in [5.41, 5.74) is 12.0. The molecular weight excluding hydrogens is 368 g/mol. The SMILES string of the molecule is NC(Cc1ccccc1)(Cc1c[nH]c2ccccc12)c1ncc(-c2ccccc2)[nH]1. The summed E-state index contributed by atoms with van der Waals surface area (Å²) in [6, 6.07) is 28.9. The van der Waals surface area contributed by atoms with Gasteiger partial charge in [0.2, 0.25) is 0 Å². The molecule has 5 rings (SSSR count). The number of aromatic amines is 2. The van der Waals surface area contributed by atoms with Gasteiger partial charge in [-0.15, -0.1) is 0 Å². The van der Waals surface area contributed by atoms with Crippen LogP contribution < -0.4 is 5.73 Å². The fourth-order valence-electron chi connectivity index (χ4n) is 4.15. The van der Waals surface area contributed by atoms with Crippen LogP contribution in [0.2, 0.25) is 0 Å². The summed E-state index contributed by atoms with van der Waals surface area (Å²) in [6.45, 7) is 0. The maximum Gasteiger partial charge on any atom is 0.127 e. The Bertz CT molecular complexity index is 1250. The summed E-state index contributed by atoms with van der Waals surface area (Å²) >= 11 is 0. The highest BCUT2D eigenvalue weighted by atomic mass is 15.0. The third-order valence-corrected chi connectivity index (χ3v) is 5.68. The molecular formula is C26H24N4. The Morgan fingerprint density at radius 1 is 0.800 bits per heavy atom. The second-order valence-electron chi connectivity index (χ2n) is 7.87. The summed E-state index contributed by atoms with van der Waals surface area (Å²) in [6.07, 6.45) is 5.31.